The van der Waals surface area contributed by atoms with Gasteiger partial charge in [0.15, 0.2) is 0 Å². The van der Waals surface area contributed by atoms with Gasteiger partial charge in [0, 0.05) is 13.1 Å². The number of aryl methyl sites for hydroxylation is 1. The van der Waals surface area contributed by atoms with Gasteiger partial charge in [-0.15, -0.1) is 6.42 Å². The minimum Gasteiger partial charge on any atom is -0.379 e. The van der Waals surface area contributed by atoms with E-state index in [1.54, 1.807) is 0 Å². The Morgan fingerprint density at radius 1 is 1.10 bits per heavy atom. The van der Waals surface area contributed by atoms with Gasteiger partial charge in [0.25, 0.3) is 0 Å². The monoisotopic (exact) mass is 271 g/mol. The summed E-state index contributed by atoms with van der Waals surface area (Å²) in [4.78, 5) is 2.40. The molecule has 1 saturated heterocycles. The summed E-state index contributed by atoms with van der Waals surface area (Å²) >= 11 is 0. The molecule has 0 aliphatic carbocycles. The average molecular weight is 271 g/mol. The molecule has 1 aromatic carbocycles. The van der Waals surface area contributed by atoms with Crippen molar-refractivity contribution in [2.24, 2.45) is 5.41 Å². The summed E-state index contributed by atoms with van der Waals surface area (Å²) in [5.74, 6) is 3.13. The van der Waals surface area contributed by atoms with Crippen LogP contribution in [0.5, 0.6) is 0 Å². The minimum atomic E-state index is -0.384. The molecule has 0 aromatic heterocycles. The standard InChI is InChI=1S/C18H25NO/c1-6-18(17(3,4)5,19-11-13-20-14-12-19)16-9-7-15(2)8-10-16/h1,7-10H,11-14H2,2-5H3. The van der Waals surface area contributed by atoms with Crippen LogP contribution in [0.2, 0.25) is 0 Å². The lowest BCUT2D eigenvalue weighted by Crippen LogP contribution is -2.57. The Kier molecular flexibility index (Phi) is 4.22. The van der Waals surface area contributed by atoms with Crippen LogP contribution < -0.4 is 0 Å². The molecule has 108 valence electrons. The molecular formula is C18H25NO. The number of rotatable bonds is 2. The highest BCUT2D eigenvalue weighted by atomic mass is 16.5. The van der Waals surface area contributed by atoms with Crippen molar-refractivity contribution in [3.05, 3.63) is 35.4 Å². The van der Waals surface area contributed by atoms with Crippen LogP contribution in [-0.2, 0) is 10.3 Å². The summed E-state index contributed by atoms with van der Waals surface area (Å²) in [6.45, 7) is 12.1. The quantitative estimate of drug-likeness (QED) is 0.766. The van der Waals surface area contributed by atoms with E-state index in [2.05, 4.69) is 62.8 Å². The Morgan fingerprint density at radius 2 is 1.65 bits per heavy atom. The van der Waals surface area contributed by atoms with Crippen molar-refractivity contribution < 1.29 is 4.74 Å². The third-order valence-corrected chi connectivity index (χ3v) is 4.25. The van der Waals surface area contributed by atoms with Crippen LogP contribution >= 0.6 is 0 Å². The van der Waals surface area contributed by atoms with Gasteiger partial charge in [-0.1, -0.05) is 56.5 Å². The maximum atomic E-state index is 6.06. The highest BCUT2D eigenvalue weighted by molar-refractivity contribution is 5.38. The van der Waals surface area contributed by atoms with Gasteiger partial charge < -0.3 is 4.74 Å². The van der Waals surface area contributed by atoms with E-state index in [0.29, 0.717) is 0 Å². The number of morpholine rings is 1. The van der Waals surface area contributed by atoms with Crippen molar-refractivity contribution in [2.45, 2.75) is 33.2 Å². The van der Waals surface area contributed by atoms with E-state index in [0.717, 1.165) is 26.3 Å². The molecule has 1 aliphatic rings. The van der Waals surface area contributed by atoms with Gasteiger partial charge in [0.1, 0.15) is 5.54 Å². The zero-order valence-electron chi connectivity index (χ0n) is 13.1. The Labute approximate surface area is 123 Å². The number of terminal acetylenes is 1. The zero-order chi connectivity index (χ0) is 14.8. The first-order chi connectivity index (χ1) is 9.41. The van der Waals surface area contributed by atoms with Crippen LogP contribution in [-0.4, -0.2) is 31.2 Å². The zero-order valence-corrected chi connectivity index (χ0v) is 13.1. The summed E-state index contributed by atoms with van der Waals surface area (Å²) in [6, 6.07) is 8.65. The molecule has 1 atom stereocenters. The lowest BCUT2D eigenvalue weighted by Gasteiger charge is -2.50. The molecule has 20 heavy (non-hydrogen) atoms. The summed E-state index contributed by atoms with van der Waals surface area (Å²) < 4.78 is 5.50. The molecule has 0 saturated carbocycles. The Morgan fingerprint density at radius 3 is 2.10 bits per heavy atom. The summed E-state index contributed by atoms with van der Waals surface area (Å²) in [5, 5.41) is 0. The third kappa shape index (κ3) is 2.49. The van der Waals surface area contributed by atoms with Crippen LogP contribution in [0.4, 0.5) is 0 Å². The second-order valence-corrected chi connectivity index (χ2v) is 6.57. The van der Waals surface area contributed by atoms with Gasteiger partial charge >= 0.3 is 0 Å². The Hall–Kier alpha value is -1.30. The molecule has 2 nitrogen and oxygen atoms in total. The SMILES string of the molecule is C#CC(c1ccc(C)cc1)(N1CCOCC1)C(C)(C)C. The fourth-order valence-corrected chi connectivity index (χ4v) is 3.17. The van der Waals surface area contributed by atoms with Crippen LogP contribution in [0.3, 0.4) is 0 Å². The van der Waals surface area contributed by atoms with Crippen LogP contribution in [0, 0.1) is 24.7 Å². The van der Waals surface area contributed by atoms with Crippen molar-refractivity contribution in [2.75, 3.05) is 26.3 Å². The van der Waals surface area contributed by atoms with Gasteiger partial charge in [-0.2, -0.15) is 0 Å². The van der Waals surface area contributed by atoms with Crippen LogP contribution in [0.1, 0.15) is 31.9 Å². The normalized spacial score (nSPS) is 20.1. The molecule has 0 radical (unpaired) electrons. The number of benzene rings is 1. The average Bonchev–Trinajstić information content (AvgIpc) is 2.42. The molecule has 1 aromatic rings. The Bertz CT molecular complexity index is 486. The molecule has 1 heterocycles. The number of hydrogen-bond acceptors (Lipinski definition) is 2. The molecule has 0 bridgehead atoms. The van der Waals surface area contributed by atoms with E-state index in [1.807, 2.05) is 0 Å². The smallest absolute Gasteiger partial charge is 0.113 e. The van der Waals surface area contributed by atoms with Gasteiger partial charge in [-0.3, -0.25) is 4.90 Å². The number of hydrogen-bond donors (Lipinski definition) is 0. The molecule has 0 N–H and O–H groups in total. The number of ether oxygens (including phenoxy) is 1. The highest BCUT2D eigenvalue weighted by Gasteiger charge is 2.47. The van der Waals surface area contributed by atoms with E-state index < -0.39 is 0 Å². The van der Waals surface area contributed by atoms with Crippen molar-refractivity contribution in [1.82, 2.24) is 4.90 Å². The van der Waals surface area contributed by atoms with E-state index in [9.17, 15) is 0 Å². The van der Waals surface area contributed by atoms with E-state index in [4.69, 9.17) is 11.2 Å². The molecule has 1 aliphatic heterocycles. The molecule has 0 spiro atoms. The largest absolute Gasteiger partial charge is 0.379 e. The van der Waals surface area contributed by atoms with Crippen LogP contribution in [0.15, 0.2) is 24.3 Å². The van der Waals surface area contributed by atoms with E-state index in [-0.39, 0.29) is 11.0 Å². The first-order valence-electron chi connectivity index (χ1n) is 7.29. The predicted molar refractivity (Wildman–Crippen MR) is 83.5 cm³/mol. The second kappa shape index (κ2) is 5.60. The predicted octanol–water partition coefficient (Wildman–Crippen LogP) is 3.20. The Balaban J connectivity index is 2.53. The van der Waals surface area contributed by atoms with Crippen molar-refractivity contribution in [3.8, 4) is 12.3 Å². The molecule has 2 rings (SSSR count). The van der Waals surface area contributed by atoms with E-state index >= 15 is 0 Å². The summed E-state index contributed by atoms with van der Waals surface area (Å²) in [7, 11) is 0. The maximum absolute atomic E-state index is 6.06. The second-order valence-electron chi connectivity index (χ2n) is 6.57. The molecule has 0 amide bonds. The molecular weight excluding hydrogens is 246 g/mol. The fourth-order valence-electron chi connectivity index (χ4n) is 3.17. The van der Waals surface area contributed by atoms with Gasteiger partial charge in [0.05, 0.1) is 13.2 Å². The topological polar surface area (TPSA) is 12.5 Å². The molecule has 1 fully saturated rings. The van der Waals surface area contributed by atoms with Crippen molar-refractivity contribution in [1.29, 1.82) is 0 Å². The van der Waals surface area contributed by atoms with Gasteiger partial charge in [0.2, 0.25) is 0 Å². The first-order valence-corrected chi connectivity index (χ1v) is 7.29. The highest BCUT2D eigenvalue weighted by Crippen LogP contribution is 2.44. The van der Waals surface area contributed by atoms with Gasteiger partial charge in [-0.25, -0.2) is 0 Å². The molecule has 2 heteroatoms. The van der Waals surface area contributed by atoms with Crippen LogP contribution in [0.25, 0.3) is 0 Å². The summed E-state index contributed by atoms with van der Waals surface area (Å²) in [5.41, 5.74) is 2.04. The molecule has 1 unspecified atom stereocenters. The minimum absolute atomic E-state index is 0.0473. The fraction of sp³-hybridized carbons (Fsp3) is 0.556. The lowest BCUT2D eigenvalue weighted by molar-refractivity contribution is -0.0431. The van der Waals surface area contributed by atoms with Crippen molar-refractivity contribution >= 4 is 0 Å². The maximum Gasteiger partial charge on any atom is 0.113 e. The first kappa shape index (κ1) is 15.1. The van der Waals surface area contributed by atoms with Crippen molar-refractivity contribution in [3.63, 3.8) is 0 Å². The van der Waals surface area contributed by atoms with E-state index in [1.165, 1.54) is 11.1 Å². The lowest BCUT2D eigenvalue weighted by atomic mass is 9.68. The number of nitrogens with zero attached hydrogens (tertiary/aromatic N) is 1. The van der Waals surface area contributed by atoms with Gasteiger partial charge in [-0.05, 0) is 17.9 Å². The summed E-state index contributed by atoms with van der Waals surface area (Å²) in [6.07, 6.45) is 6.06. The third-order valence-electron chi connectivity index (χ3n) is 4.25.